The number of benzene rings is 1. The normalized spacial score (nSPS) is 12.7. The first-order valence-electron chi connectivity index (χ1n) is 7.20. The maximum absolute atomic E-state index is 4.16. The van der Waals surface area contributed by atoms with Gasteiger partial charge in [0.05, 0.1) is 6.54 Å². The fourth-order valence-electron chi connectivity index (χ4n) is 2.90. The second-order valence-corrected chi connectivity index (χ2v) is 5.45. The number of aromatic nitrogens is 3. The molecule has 0 amide bonds. The topological polar surface area (TPSA) is 42.7 Å². The maximum atomic E-state index is 4.16. The third kappa shape index (κ3) is 3.07. The minimum Gasteiger partial charge on any atom is -0.317 e. The van der Waals surface area contributed by atoms with Gasteiger partial charge in [0.15, 0.2) is 0 Å². The molecule has 1 aromatic heterocycles. The van der Waals surface area contributed by atoms with Crippen LogP contribution in [0.2, 0.25) is 0 Å². The van der Waals surface area contributed by atoms with Crippen molar-refractivity contribution in [1.29, 1.82) is 0 Å². The molecule has 2 aromatic rings. The number of rotatable bonds is 5. The molecular formula is C16H24N4. The summed E-state index contributed by atoms with van der Waals surface area (Å²) in [5.74, 6) is 0.988. The molecule has 1 N–H and O–H groups in total. The molecule has 1 aromatic carbocycles. The molecule has 4 heteroatoms. The van der Waals surface area contributed by atoms with Crippen molar-refractivity contribution in [2.45, 2.75) is 53.8 Å². The summed E-state index contributed by atoms with van der Waals surface area (Å²) in [5, 5.41) is 11.7. The third-order valence-electron chi connectivity index (χ3n) is 3.77. The molecule has 0 bridgehead atoms. The summed E-state index contributed by atoms with van der Waals surface area (Å²) >= 11 is 0. The smallest absolute Gasteiger partial charge is 0.146 e. The highest BCUT2D eigenvalue weighted by Gasteiger charge is 2.12. The minimum atomic E-state index is 0.303. The lowest BCUT2D eigenvalue weighted by molar-refractivity contribution is 0.536. The molecule has 2 rings (SSSR count). The molecule has 1 heterocycles. The van der Waals surface area contributed by atoms with E-state index in [2.05, 4.69) is 66.8 Å². The highest BCUT2D eigenvalue weighted by Crippen LogP contribution is 2.23. The van der Waals surface area contributed by atoms with Gasteiger partial charge in [-0.2, -0.15) is 0 Å². The Morgan fingerprint density at radius 2 is 1.85 bits per heavy atom. The number of nitrogens with one attached hydrogen (secondary N) is 1. The number of hydrogen-bond acceptors (Lipinski definition) is 3. The van der Waals surface area contributed by atoms with Crippen LogP contribution in [0.5, 0.6) is 0 Å². The van der Waals surface area contributed by atoms with Crippen LogP contribution in [0.15, 0.2) is 18.5 Å². The summed E-state index contributed by atoms with van der Waals surface area (Å²) in [5.41, 5.74) is 5.40. The molecular weight excluding hydrogens is 248 g/mol. The Morgan fingerprint density at radius 3 is 2.45 bits per heavy atom. The standard InChI is InChI=1S/C16H24N4/c1-6-20-10-18-19-15(20)9-17-14(5)16-12(3)7-11(2)8-13(16)4/h7-8,10,14,17H,6,9H2,1-5H3. The molecule has 108 valence electrons. The molecule has 0 spiro atoms. The summed E-state index contributed by atoms with van der Waals surface area (Å²) in [4.78, 5) is 0. The van der Waals surface area contributed by atoms with Crippen LogP contribution < -0.4 is 5.32 Å². The predicted octanol–water partition coefficient (Wildman–Crippen LogP) is 3.07. The van der Waals surface area contributed by atoms with Crippen molar-refractivity contribution in [2.24, 2.45) is 0 Å². The number of hydrogen-bond donors (Lipinski definition) is 1. The average molecular weight is 272 g/mol. The van der Waals surface area contributed by atoms with Crippen LogP contribution in [-0.4, -0.2) is 14.8 Å². The number of aryl methyl sites for hydroxylation is 4. The highest BCUT2D eigenvalue weighted by atomic mass is 15.3. The molecule has 20 heavy (non-hydrogen) atoms. The SMILES string of the molecule is CCn1cnnc1CNC(C)c1c(C)cc(C)cc1C. The van der Waals surface area contributed by atoms with Gasteiger partial charge < -0.3 is 9.88 Å². The Balaban J connectivity index is 2.11. The summed E-state index contributed by atoms with van der Waals surface area (Å²) in [6, 6.07) is 4.79. The quantitative estimate of drug-likeness (QED) is 0.909. The average Bonchev–Trinajstić information content (AvgIpc) is 2.82. The number of nitrogens with zero attached hydrogens (tertiary/aromatic N) is 3. The van der Waals surface area contributed by atoms with E-state index in [1.165, 1.54) is 22.3 Å². The lowest BCUT2D eigenvalue weighted by Gasteiger charge is -2.19. The van der Waals surface area contributed by atoms with Gasteiger partial charge in [0.2, 0.25) is 0 Å². The van der Waals surface area contributed by atoms with Gasteiger partial charge in [0, 0.05) is 12.6 Å². The van der Waals surface area contributed by atoms with Gasteiger partial charge in [-0.05, 0) is 51.3 Å². The van der Waals surface area contributed by atoms with E-state index in [1.807, 2.05) is 0 Å². The van der Waals surface area contributed by atoms with E-state index >= 15 is 0 Å². The summed E-state index contributed by atoms with van der Waals surface area (Å²) in [6.45, 7) is 12.5. The van der Waals surface area contributed by atoms with Gasteiger partial charge in [-0.3, -0.25) is 0 Å². The van der Waals surface area contributed by atoms with E-state index in [0.717, 1.165) is 18.9 Å². The van der Waals surface area contributed by atoms with Gasteiger partial charge in [-0.25, -0.2) is 0 Å². The maximum Gasteiger partial charge on any atom is 0.146 e. The Kier molecular flexibility index (Phi) is 4.55. The van der Waals surface area contributed by atoms with Gasteiger partial charge in [0.25, 0.3) is 0 Å². The Labute approximate surface area is 121 Å². The largest absolute Gasteiger partial charge is 0.317 e. The van der Waals surface area contributed by atoms with E-state index in [9.17, 15) is 0 Å². The van der Waals surface area contributed by atoms with E-state index in [0.29, 0.717) is 6.04 Å². The molecule has 1 unspecified atom stereocenters. The van der Waals surface area contributed by atoms with Crippen LogP contribution >= 0.6 is 0 Å². The zero-order valence-corrected chi connectivity index (χ0v) is 13.1. The molecule has 0 aliphatic carbocycles. The van der Waals surface area contributed by atoms with Crippen molar-refractivity contribution in [2.75, 3.05) is 0 Å². The minimum absolute atomic E-state index is 0.303. The molecule has 1 atom stereocenters. The fourth-order valence-corrected chi connectivity index (χ4v) is 2.90. The lowest BCUT2D eigenvalue weighted by atomic mass is 9.95. The Morgan fingerprint density at radius 1 is 1.20 bits per heavy atom. The second kappa shape index (κ2) is 6.18. The van der Waals surface area contributed by atoms with Crippen LogP contribution in [0.4, 0.5) is 0 Å². The molecule has 0 saturated heterocycles. The van der Waals surface area contributed by atoms with Crippen LogP contribution in [0.25, 0.3) is 0 Å². The molecule has 4 nitrogen and oxygen atoms in total. The first-order chi connectivity index (χ1) is 9.52. The van der Waals surface area contributed by atoms with Crippen LogP contribution in [0, 0.1) is 20.8 Å². The predicted molar refractivity (Wildman–Crippen MR) is 81.6 cm³/mol. The summed E-state index contributed by atoms with van der Waals surface area (Å²) < 4.78 is 2.06. The summed E-state index contributed by atoms with van der Waals surface area (Å²) in [6.07, 6.45) is 1.78. The van der Waals surface area contributed by atoms with Crippen LogP contribution in [0.1, 0.15) is 48.0 Å². The van der Waals surface area contributed by atoms with Gasteiger partial charge in [-0.15, -0.1) is 10.2 Å². The van der Waals surface area contributed by atoms with E-state index in [1.54, 1.807) is 6.33 Å². The van der Waals surface area contributed by atoms with Crippen molar-refractivity contribution in [3.8, 4) is 0 Å². The van der Waals surface area contributed by atoms with E-state index < -0.39 is 0 Å². The fraction of sp³-hybridized carbons (Fsp3) is 0.500. The molecule has 0 aliphatic heterocycles. The highest BCUT2D eigenvalue weighted by molar-refractivity contribution is 5.39. The second-order valence-electron chi connectivity index (χ2n) is 5.45. The van der Waals surface area contributed by atoms with Crippen molar-refractivity contribution in [3.05, 3.63) is 46.5 Å². The van der Waals surface area contributed by atoms with Gasteiger partial charge in [0.1, 0.15) is 12.2 Å². The van der Waals surface area contributed by atoms with Crippen molar-refractivity contribution in [3.63, 3.8) is 0 Å². The zero-order valence-electron chi connectivity index (χ0n) is 13.1. The molecule has 0 saturated carbocycles. The van der Waals surface area contributed by atoms with Crippen molar-refractivity contribution in [1.82, 2.24) is 20.1 Å². The van der Waals surface area contributed by atoms with Crippen molar-refractivity contribution >= 4 is 0 Å². The van der Waals surface area contributed by atoms with E-state index in [-0.39, 0.29) is 0 Å². The molecule has 0 aliphatic rings. The van der Waals surface area contributed by atoms with E-state index in [4.69, 9.17) is 0 Å². The zero-order chi connectivity index (χ0) is 14.7. The first-order valence-corrected chi connectivity index (χ1v) is 7.20. The Bertz CT molecular complexity index is 563. The van der Waals surface area contributed by atoms with Gasteiger partial charge in [-0.1, -0.05) is 17.7 Å². The molecule has 0 radical (unpaired) electrons. The Hall–Kier alpha value is -1.68. The third-order valence-corrected chi connectivity index (χ3v) is 3.77. The van der Waals surface area contributed by atoms with Crippen molar-refractivity contribution < 1.29 is 0 Å². The van der Waals surface area contributed by atoms with Crippen LogP contribution in [-0.2, 0) is 13.1 Å². The summed E-state index contributed by atoms with van der Waals surface area (Å²) in [7, 11) is 0. The first kappa shape index (κ1) is 14.7. The van der Waals surface area contributed by atoms with Crippen LogP contribution in [0.3, 0.4) is 0 Å². The molecule has 0 fully saturated rings. The lowest BCUT2D eigenvalue weighted by Crippen LogP contribution is -2.22. The van der Waals surface area contributed by atoms with Gasteiger partial charge >= 0.3 is 0 Å². The monoisotopic (exact) mass is 272 g/mol.